The van der Waals surface area contributed by atoms with Crippen molar-refractivity contribution in [2.75, 3.05) is 0 Å². The van der Waals surface area contributed by atoms with E-state index in [4.69, 9.17) is 0 Å². The van der Waals surface area contributed by atoms with Crippen molar-refractivity contribution in [2.24, 2.45) is 0 Å². The average molecular weight is 1120 g/mol. The third kappa shape index (κ3) is 6.39. The van der Waals surface area contributed by atoms with Crippen molar-refractivity contribution < 1.29 is 0 Å². The number of benzene rings is 12. The Kier molecular flexibility index (Phi) is 10.0. The van der Waals surface area contributed by atoms with Gasteiger partial charge in [0.25, 0.3) is 0 Å². The van der Waals surface area contributed by atoms with Gasteiger partial charge in [-0.2, -0.15) is 5.26 Å². The third-order valence-corrected chi connectivity index (χ3v) is 21.4. The van der Waals surface area contributed by atoms with Crippen LogP contribution in [0.15, 0.2) is 218 Å². The molecule has 0 aliphatic rings. The summed E-state index contributed by atoms with van der Waals surface area (Å²) >= 11 is 3.69. The van der Waals surface area contributed by atoms with Gasteiger partial charge in [-0.1, -0.05) is 146 Å². The van der Waals surface area contributed by atoms with Crippen molar-refractivity contribution in [3.05, 3.63) is 252 Å². The monoisotopic (exact) mass is 1120 g/mol. The molecule has 6 heterocycles. The minimum Gasteiger partial charge on any atom is -0.306 e. The first-order valence-corrected chi connectivity index (χ1v) is 30.8. The van der Waals surface area contributed by atoms with E-state index in [2.05, 4.69) is 277 Å². The average Bonchev–Trinajstić information content (AvgIpc) is 1.68. The van der Waals surface area contributed by atoms with E-state index in [-0.39, 0.29) is 0 Å². The van der Waals surface area contributed by atoms with Gasteiger partial charge >= 0.3 is 0 Å². The molecule has 0 N–H and O–H groups in total. The van der Waals surface area contributed by atoms with Crippen LogP contribution in [0.3, 0.4) is 0 Å². The van der Waals surface area contributed by atoms with Crippen LogP contribution in [0.1, 0.15) is 33.4 Å². The Morgan fingerprint density at radius 1 is 0.259 bits per heavy atom. The van der Waals surface area contributed by atoms with Gasteiger partial charge in [0.05, 0.1) is 66.9 Å². The minimum absolute atomic E-state index is 0.561. The number of para-hydroxylation sites is 6. The first-order chi connectivity index (χ1) is 41.8. The molecule has 5 nitrogen and oxygen atoms in total. The Hall–Kier alpha value is -10.2. The fraction of sp³-hybridized carbons (Fsp3) is 0.0641. The van der Waals surface area contributed by atoms with Gasteiger partial charge < -0.3 is 18.3 Å². The molecular weight excluding hydrogens is 1070 g/mol. The van der Waals surface area contributed by atoms with Crippen molar-refractivity contribution in [2.45, 2.75) is 34.6 Å². The van der Waals surface area contributed by atoms with E-state index in [0.717, 1.165) is 121 Å². The molecule has 18 aromatic rings. The van der Waals surface area contributed by atoms with Crippen LogP contribution < -0.4 is 0 Å². The molecule has 0 unspecified atom stereocenters. The molecule has 12 aromatic carbocycles. The van der Waals surface area contributed by atoms with E-state index >= 15 is 0 Å². The number of nitriles is 1. The predicted molar refractivity (Wildman–Crippen MR) is 363 cm³/mol. The number of nitrogens with zero attached hydrogens (tertiary/aromatic N) is 5. The maximum atomic E-state index is 13.2. The Labute approximate surface area is 496 Å². The van der Waals surface area contributed by atoms with Crippen molar-refractivity contribution in [3.63, 3.8) is 0 Å². The Balaban J connectivity index is 1.20. The largest absolute Gasteiger partial charge is 0.306 e. The van der Waals surface area contributed by atoms with Crippen molar-refractivity contribution in [1.29, 1.82) is 5.26 Å². The van der Waals surface area contributed by atoms with Gasteiger partial charge in [0.2, 0.25) is 0 Å². The number of hydrogen-bond donors (Lipinski definition) is 0. The summed E-state index contributed by atoms with van der Waals surface area (Å²) in [5, 5.41) is 27.3. The zero-order valence-corrected chi connectivity index (χ0v) is 49.0. The summed E-state index contributed by atoms with van der Waals surface area (Å²) in [5.41, 5.74) is 20.8. The molecular formula is C78H51N5S2. The zero-order chi connectivity index (χ0) is 56.7. The van der Waals surface area contributed by atoms with Gasteiger partial charge in [-0.3, -0.25) is 0 Å². The van der Waals surface area contributed by atoms with Gasteiger partial charge in [-0.15, -0.1) is 22.7 Å². The molecule has 0 aliphatic carbocycles. The molecule has 0 saturated carbocycles. The van der Waals surface area contributed by atoms with Crippen LogP contribution in [0.25, 0.3) is 161 Å². The van der Waals surface area contributed by atoms with Crippen LogP contribution in [0.5, 0.6) is 0 Å². The van der Waals surface area contributed by atoms with Gasteiger partial charge in [0, 0.05) is 89.0 Å². The summed E-state index contributed by atoms with van der Waals surface area (Å²) in [7, 11) is 0. The summed E-state index contributed by atoms with van der Waals surface area (Å²) in [4.78, 5) is 0. The van der Waals surface area contributed by atoms with E-state index in [1.54, 1.807) is 0 Å². The first-order valence-electron chi connectivity index (χ1n) is 29.2. The fourth-order valence-electron chi connectivity index (χ4n) is 15.0. The lowest BCUT2D eigenvalue weighted by Gasteiger charge is -2.31. The second-order valence-electron chi connectivity index (χ2n) is 23.1. The van der Waals surface area contributed by atoms with Crippen molar-refractivity contribution >= 4 is 150 Å². The summed E-state index contributed by atoms with van der Waals surface area (Å²) in [6.07, 6.45) is 0. The van der Waals surface area contributed by atoms with E-state index in [1.807, 2.05) is 22.7 Å². The molecule has 0 saturated heterocycles. The molecule has 0 amide bonds. The van der Waals surface area contributed by atoms with E-state index < -0.39 is 0 Å². The first kappa shape index (κ1) is 48.3. The highest BCUT2D eigenvalue weighted by Gasteiger charge is 2.37. The van der Waals surface area contributed by atoms with Crippen LogP contribution in [0, 0.1) is 45.9 Å². The van der Waals surface area contributed by atoms with E-state index in [1.165, 1.54) is 68.2 Å². The highest BCUT2D eigenvalue weighted by molar-refractivity contribution is 7.26. The predicted octanol–water partition coefficient (Wildman–Crippen LogP) is 21.9. The number of thiophene rings is 2. The summed E-state index contributed by atoms with van der Waals surface area (Å²) in [5.74, 6) is 0. The summed E-state index contributed by atoms with van der Waals surface area (Å²) < 4.78 is 15.0. The Morgan fingerprint density at radius 3 is 0.882 bits per heavy atom. The van der Waals surface area contributed by atoms with Crippen LogP contribution in [-0.4, -0.2) is 18.3 Å². The highest BCUT2D eigenvalue weighted by Crippen LogP contribution is 2.55. The lowest BCUT2D eigenvalue weighted by atomic mass is 9.83. The maximum absolute atomic E-state index is 13.2. The van der Waals surface area contributed by atoms with Crippen LogP contribution >= 0.6 is 22.7 Å². The Bertz CT molecular complexity index is 5590. The van der Waals surface area contributed by atoms with Gasteiger partial charge in [-0.05, 0) is 141 Å². The molecule has 85 heavy (non-hydrogen) atoms. The molecule has 0 aliphatic heterocycles. The fourth-order valence-corrected chi connectivity index (χ4v) is 17.2. The molecule has 400 valence electrons. The van der Waals surface area contributed by atoms with Crippen LogP contribution in [0.2, 0.25) is 0 Å². The SMILES string of the molecule is Cc1c(C)c(C)c(-c2c(-n3c4ccccc4c4cc5c(cc43)sc3ccccc35)c(-n3c4ccccc4c4ccccc43)c(C#N)c(-n3c4ccccc4c4ccccc43)c2-n2c3ccccc3c3cc4c(cc32)sc2ccccc24)c(C)c1C. The number of fused-ring (bicyclic) bond motifs is 18. The van der Waals surface area contributed by atoms with Crippen LogP contribution in [0.4, 0.5) is 0 Å². The third-order valence-electron chi connectivity index (χ3n) is 19.2. The second-order valence-corrected chi connectivity index (χ2v) is 25.3. The van der Waals surface area contributed by atoms with Crippen molar-refractivity contribution in [1.82, 2.24) is 18.3 Å². The smallest absolute Gasteiger partial charge is 0.104 e. The molecule has 0 spiro atoms. The molecule has 0 bridgehead atoms. The zero-order valence-electron chi connectivity index (χ0n) is 47.3. The number of hydrogen-bond acceptors (Lipinski definition) is 3. The standard InChI is InChI=1S/C78H51N5S2/c1-43-44(2)46(4)73(47(5)45(43)3)74-77(82-65-34-18-10-26-52(65)56-38-58-54-28-12-20-36-69(54)84-71(58)40-67(56)82)75(80-61-30-14-6-22-48(61)49-23-7-15-31-62(49)80)60(42-79)76(81-63-32-16-8-24-50(63)51-25-9-17-33-64(51)81)78(74)83-66-35-19-11-27-53(66)57-39-59-55-29-13-21-37-70(55)85-72(59)41-68(57)83/h6-41H,1-5H3. The molecule has 7 heteroatoms. The van der Waals surface area contributed by atoms with Crippen LogP contribution in [-0.2, 0) is 0 Å². The van der Waals surface area contributed by atoms with Gasteiger partial charge in [0.15, 0.2) is 0 Å². The number of aromatic nitrogens is 4. The lowest BCUT2D eigenvalue weighted by molar-refractivity contribution is 1.03. The van der Waals surface area contributed by atoms with Gasteiger partial charge in [-0.25, -0.2) is 0 Å². The molecule has 6 aromatic heterocycles. The Morgan fingerprint density at radius 2 is 0.541 bits per heavy atom. The van der Waals surface area contributed by atoms with Crippen molar-refractivity contribution in [3.8, 4) is 39.9 Å². The quantitative estimate of drug-likeness (QED) is 0.169. The minimum atomic E-state index is 0.561. The topological polar surface area (TPSA) is 43.5 Å². The normalized spacial score (nSPS) is 12.3. The lowest BCUT2D eigenvalue weighted by Crippen LogP contribution is -2.17. The molecule has 18 rings (SSSR count). The molecule has 0 fully saturated rings. The summed E-state index contributed by atoms with van der Waals surface area (Å²) in [6.45, 7) is 11.6. The second kappa shape index (κ2) is 17.7. The van der Waals surface area contributed by atoms with Gasteiger partial charge in [0.1, 0.15) is 11.6 Å². The highest BCUT2D eigenvalue weighted by atomic mass is 32.1. The van der Waals surface area contributed by atoms with E-state index in [9.17, 15) is 5.26 Å². The molecule has 0 radical (unpaired) electrons. The summed E-state index contributed by atoms with van der Waals surface area (Å²) in [6, 6.07) is 83.7. The maximum Gasteiger partial charge on any atom is 0.104 e. The number of rotatable bonds is 5. The molecule has 0 atom stereocenters. The van der Waals surface area contributed by atoms with E-state index in [0.29, 0.717) is 5.56 Å².